The van der Waals surface area contributed by atoms with Gasteiger partial charge < -0.3 is 19.7 Å². The Morgan fingerprint density at radius 1 is 1.10 bits per heavy atom. The number of aromatic nitrogens is 3. The molecular weight excluding hydrogens is 674 g/mol. The number of alkyl halides is 3. The maximum absolute atomic E-state index is 13.2. The van der Waals surface area contributed by atoms with Crippen LogP contribution >= 0.6 is 11.3 Å². The lowest BCUT2D eigenvalue weighted by molar-refractivity contribution is -0.126. The number of piperidine rings is 1. The number of hydrogen-bond donors (Lipinski definition) is 1. The predicted molar refractivity (Wildman–Crippen MR) is 195 cm³/mol. The van der Waals surface area contributed by atoms with E-state index in [0.717, 1.165) is 118 Å². The highest BCUT2D eigenvalue weighted by Crippen LogP contribution is 2.44. The zero-order chi connectivity index (χ0) is 35.9. The van der Waals surface area contributed by atoms with Crippen LogP contribution in [0.4, 0.5) is 19.0 Å². The molecule has 3 fully saturated rings. The topological polar surface area (TPSA) is 93.3 Å². The molecule has 3 aliphatic heterocycles. The Morgan fingerprint density at radius 2 is 1.88 bits per heavy atom. The normalized spacial score (nSPS) is 20.6. The second-order valence-electron chi connectivity index (χ2n) is 14.6. The van der Waals surface area contributed by atoms with Crippen molar-refractivity contribution in [2.45, 2.75) is 77.7 Å². The van der Waals surface area contributed by atoms with Gasteiger partial charge in [0.1, 0.15) is 28.2 Å². The molecule has 4 aromatic rings. The number of rotatable bonds is 10. The first kappa shape index (κ1) is 35.4. The fraction of sp³-hybridized carbons (Fsp3) is 0.526. The number of thiophene rings is 1. The van der Waals surface area contributed by atoms with Gasteiger partial charge in [0.2, 0.25) is 5.91 Å². The Hall–Kier alpha value is -3.99. The summed E-state index contributed by atoms with van der Waals surface area (Å²) >= 11 is 1.13. The van der Waals surface area contributed by atoms with Crippen molar-refractivity contribution in [3.8, 4) is 6.07 Å². The fourth-order valence-electron chi connectivity index (χ4n) is 8.36. The molecule has 1 amide bonds. The summed E-state index contributed by atoms with van der Waals surface area (Å²) in [6.07, 6.45) is 0.634. The Bertz CT molecular complexity index is 1990. The molecule has 51 heavy (non-hydrogen) atoms. The highest BCUT2D eigenvalue weighted by Gasteiger charge is 2.44. The van der Waals surface area contributed by atoms with E-state index < -0.39 is 12.6 Å². The average Bonchev–Trinajstić information content (AvgIpc) is 3.89. The molecule has 0 saturated carbocycles. The number of anilines is 1. The zero-order valence-corrected chi connectivity index (χ0v) is 30.2. The van der Waals surface area contributed by atoms with Crippen molar-refractivity contribution in [3.63, 3.8) is 0 Å². The summed E-state index contributed by atoms with van der Waals surface area (Å²) in [4.78, 5) is 29.2. The van der Waals surface area contributed by atoms with Crippen LogP contribution < -0.4 is 10.2 Å². The zero-order valence-electron chi connectivity index (χ0n) is 29.4. The van der Waals surface area contributed by atoms with E-state index in [1.807, 2.05) is 13.0 Å². The van der Waals surface area contributed by atoms with Gasteiger partial charge in [0.15, 0.2) is 0 Å². The molecule has 0 bridgehead atoms. The molecule has 1 aromatic carbocycles. The van der Waals surface area contributed by atoms with Crippen LogP contribution in [0.3, 0.4) is 0 Å². The molecule has 1 spiro atoms. The van der Waals surface area contributed by atoms with Crippen molar-refractivity contribution < 1.29 is 18.0 Å². The van der Waals surface area contributed by atoms with E-state index in [2.05, 4.69) is 61.3 Å². The van der Waals surface area contributed by atoms with Crippen LogP contribution in [-0.4, -0.2) is 88.3 Å². The molecule has 9 nitrogen and oxygen atoms in total. The number of nitrogens with zero attached hydrogens (tertiary/aromatic N) is 7. The largest absolute Gasteiger partial charge is 0.393 e. The van der Waals surface area contributed by atoms with Gasteiger partial charge in [-0.2, -0.15) is 18.4 Å². The number of carbonyl (C=O) groups excluding carboxylic acids is 1. The number of fused-ring (bicyclic) bond motifs is 2. The number of amides is 1. The molecule has 13 heteroatoms. The lowest BCUT2D eigenvalue weighted by Gasteiger charge is -2.32. The Kier molecular flexibility index (Phi) is 9.86. The first-order valence-corrected chi connectivity index (χ1v) is 18.8. The van der Waals surface area contributed by atoms with E-state index in [1.54, 1.807) is 6.07 Å². The SMILES string of the molecule is C=CC(=O)NC1CCN(CCn2c(C#N)cc3c(C)c(CN4CCC5(CCN(c6nc(CC)nc7sc(CC(F)(F)F)cc67)C5)C4)ccc32)CC1. The van der Waals surface area contributed by atoms with Crippen LogP contribution in [0.15, 0.2) is 36.9 Å². The van der Waals surface area contributed by atoms with E-state index in [9.17, 15) is 23.2 Å². The molecule has 0 radical (unpaired) electrons. The second kappa shape index (κ2) is 14.2. The van der Waals surface area contributed by atoms with Gasteiger partial charge in [0.05, 0.1) is 11.8 Å². The van der Waals surface area contributed by atoms with Gasteiger partial charge in [-0.25, -0.2) is 9.97 Å². The fourth-order valence-corrected chi connectivity index (χ4v) is 9.44. The maximum atomic E-state index is 13.2. The molecule has 3 aliphatic rings. The first-order chi connectivity index (χ1) is 24.5. The van der Waals surface area contributed by atoms with Crippen LogP contribution in [0.25, 0.3) is 21.1 Å². The van der Waals surface area contributed by atoms with Gasteiger partial charge in [-0.1, -0.05) is 19.6 Å². The number of likely N-dealkylation sites (tertiary alicyclic amines) is 2. The molecule has 6 heterocycles. The van der Waals surface area contributed by atoms with Crippen LogP contribution in [0.2, 0.25) is 0 Å². The number of halogens is 3. The van der Waals surface area contributed by atoms with Gasteiger partial charge in [0, 0.05) is 86.0 Å². The smallest absolute Gasteiger partial charge is 0.355 e. The first-order valence-electron chi connectivity index (χ1n) is 18.0. The number of nitrogens with one attached hydrogen (secondary N) is 1. The lowest BCUT2D eigenvalue weighted by Crippen LogP contribution is -2.44. The molecule has 1 unspecified atom stereocenters. The highest BCUT2D eigenvalue weighted by atomic mass is 32.1. The molecule has 7 rings (SSSR count). The summed E-state index contributed by atoms with van der Waals surface area (Å²) in [5.41, 5.74) is 4.33. The summed E-state index contributed by atoms with van der Waals surface area (Å²) in [7, 11) is 0. The summed E-state index contributed by atoms with van der Waals surface area (Å²) in [5.74, 6) is 1.32. The molecule has 1 N–H and O–H groups in total. The number of nitriles is 1. The maximum Gasteiger partial charge on any atom is 0.393 e. The van der Waals surface area contributed by atoms with Gasteiger partial charge in [-0.05, 0) is 74.6 Å². The van der Waals surface area contributed by atoms with Gasteiger partial charge in [-0.3, -0.25) is 9.69 Å². The predicted octanol–water partition coefficient (Wildman–Crippen LogP) is 6.36. The molecule has 3 saturated heterocycles. The number of aryl methyl sites for hydroxylation is 2. The third-order valence-electron chi connectivity index (χ3n) is 11.2. The van der Waals surface area contributed by atoms with Crippen molar-refractivity contribution in [2.75, 3.05) is 50.7 Å². The van der Waals surface area contributed by atoms with Gasteiger partial charge in [0.25, 0.3) is 0 Å². The third kappa shape index (κ3) is 7.50. The highest BCUT2D eigenvalue weighted by molar-refractivity contribution is 7.18. The quantitative estimate of drug-likeness (QED) is 0.191. The van der Waals surface area contributed by atoms with Gasteiger partial charge in [-0.15, -0.1) is 11.3 Å². The monoisotopic (exact) mass is 718 g/mol. The standard InChI is InChI=1S/C38H45F3N8OS/c1-4-33-44-35(31-19-29(20-38(39,40)41)51-36(31)45-33)48-15-11-37(24-48)10-14-47(23-37)22-26-6-7-32-30(25(26)3)18-28(21-42)49(32)17-16-46-12-8-27(9-13-46)43-34(50)5-2/h5-7,18-19,27H,2,4,8-17,20,22-24H2,1,3H3,(H,43,50). The Balaban J connectivity index is 1.01. The van der Waals surface area contributed by atoms with E-state index in [4.69, 9.17) is 4.98 Å². The summed E-state index contributed by atoms with van der Waals surface area (Å²) < 4.78 is 41.8. The van der Waals surface area contributed by atoms with Crippen LogP contribution in [0.1, 0.15) is 60.1 Å². The summed E-state index contributed by atoms with van der Waals surface area (Å²) in [6.45, 7) is 15.5. The number of carbonyl (C=O) groups is 1. The van der Waals surface area contributed by atoms with Crippen LogP contribution in [0, 0.1) is 23.7 Å². The van der Waals surface area contributed by atoms with Crippen molar-refractivity contribution in [1.82, 2.24) is 29.7 Å². The van der Waals surface area contributed by atoms with Crippen LogP contribution in [0.5, 0.6) is 0 Å². The molecular formula is C38H45F3N8OS. The molecule has 270 valence electrons. The molecule has 0 aliphatic carbocycles. The second-order valence-corrected chi connectivity index (χ2v) is 15.7. The summed E-state index contributed by atoms with van der Waals surface area (Å²) in [5, 5.41) is 14.9. The van der Waals surface area contributed by atoms with Crippen molar-refractivity contribution in [2.24, 2.45) is 5.41 Å². The van der Waals surface area contributed by atoms with Crippen molar-refractivity contribution in [3.05, 3.63) is 64.4 Å². The van der Waals surface area contributed by atoms with Gasteiger partial charge >= 0.3 is 6.18 Å². The average molecular weight is 719 g/mol. The van der Waals surface area contributed by atoms with E-state index in [0.29, 0.717) is 22.8 Å². The minimum absolute atomic E-state index is 0.107. The van der Waals surface area contributed by atoms with E-state index in [1.165, 1.54) is 17.2 Å². The minimum Gasteiger partial charge on any atom is -0.355 e. The lowest BCUT2D eigenvalue weighted by atomic mass is 9.86. The number of hydrogen-bond acceptors (Lipinski definition) is 8. The van der Waals surface area contributed by atoms with Crippen molar-refractivity contribution in [1.29, 1.82) is 5.26 Å². The Labute approximate surface area is 300 Å². The van der Waals surface area contributed by atoms with Crippen molar-refractivity contribution >= 4 is 44.2 Å². The van der Waals surface area contributed by atoms with Crippen LogP contribution in [-0.2, 0) is 30.7 Å². The van der Waals surface area contributed by atoms with E-state index >= 15 is 0 Å². The minimum atomic E-state index is -4.26. The number of benzene rings is 1. The summed E-state index contributed by atoms with van der Waals surface area (Å²) in [6, 6.07) is 10.7. The molecule has 3 aromatic heterocycles. The Morgan fingerprint density at radius 3 is 2.61 bits per heavy atom. The molecule has 1 atom stereocenters. The van der Waals surface area contributed by atoms with E-state index in [-0.39, 0.29) is 22.2 Å². The third-order valence-corrected chi connectivity index (χ3v) is 12.2.